The molecule has 1 aromatic heterocycles. The third kappa shape index (κ3) is 4.90. The van der Waals surface area contributed by atoms with Gasteiger partial charge in [-0.3, -0.25) is 9.48 Å². The molecule has 7 nitrogen and oxygen atoms in total. The molecule has 0 fully saturated rings. The highest BCUT2D eigenvalue weighted by Crippen LogP contribution is 2.31. The van der Waals surface area contributed by atoms with Gasteiger partial charge in [0.05, 0.1) is 24.3 Å². The predicted octanol–water partition coefficient (Wildman–Crippen LogP) is 4.58. The minimum atomic E-state index is -4.49. The van der Waals surface area contributed by atoms with Gasteiger partial charge in [-0.1, -0.05) is 24.3 Å². The van der Waals surface area contributed by atoms with Crippen LogP contribution in [0, 0.1) is 0 Å². The second-order valence-electron chi connectivity index (χ2n) is 8.12. The molecule has 4 rings (SSSR count). The Bertz CT molecular complexity index is 1210. The number of alkyl halides is 3. The van der Waals surface area contributed by atoms with Crippen LogP contribution in [-0.2, 0) is 37.5 Å². The van der Waals surface area contributed by atoms with E-state index in [0.717, 1.165) is 29.1 Å². The van der Waals surface area contributed by atoms with Gasteiger partial charge in [-0.2, -0.15) is 18.3 Å². The number of nitrogens with zero attached hydrogens (tertiary/aromatic N) is 4. The van der Waals surface area contributed by atoms with Gasteiger partial charge in [0.25, 0.3) is 0 Å². The van der Waals surface area contributed by atoms with Gasteiger partial charge in [0.1, 0.15) is 0 Å². The first-order chi connectivity index (χ1) is 16.1. The number of aryl methyl sites for hydroxylation is 1. The second kappa shape index (κ2) is 9.20. The fourth-order valence-electron chi connectivity index (χ4n) is 4.09. The minimum Gasteiger partial charge on any atom is -0.320 e. The number of benzene rings is 2. The maximum Gasteiger partial charge on any atom is 0.416 e. The van der Waals surface area contributed by atoms with Crippen molar-refractivity contribution < 1.29 is 22.8 Å². The number of fused-ring (bicyclic) bond motifs is 1. The SMILES string of the molecule is CC(=O)N(Cc1nn(C)c2c1CN(C(=O)Nc1cccc(C(F)(F)F)c1)CC2)c1ccccc1. The molecule has 0 bridgehead atoms. The lowest BCUT2D eigenvalue weighted by atomic mass is 10.0. The van der Waals surface area contributed by atoms with Crippen LogP contribution in [0.25, 0.3) is 0 Å². The Kier molecular flexibility index (Phi) is 6.32. The summed E-state index contributed by atoms with van der Waals surface area (Å²) in [6.45, 7) is 2.36. The normalized spacial score (nSPS) is 13.4. The Balaban J connectivity index is 1.53. The molecule has 0 saturated carbocycles. The van der Waals surface area contributed by atoms with Crippen molar-refractivity contribution in [1.82, 2.24) is 14.7 Å². The summed E-state index contributed by atoms with van der Waals surface area (Å²) in [6.07, 6.45) is -3.95. The molecule has 34 heavy (non-hydrogen) atoms. The van der Waals surface area contributed by atoms with Crippen LogP contribution in [0.3, 0.4) is 0 Å². The van der Waals surface area contributed by atoms with E-state index in [1.54, 1.807) is 9.58 Å². The highest BCUT2D eigenvalue weighted by atomic mass is 19.4. The monoisotopic (exact) mass is 471 g/mol. The zero-order chi connectivity index (χ0) is 24.5. The van der Waals surface area contributed by atoms with Crippen molar-refractivity contribution in [1.29, 1.82) is 0 Å². The molecule has 0 atom stereocenters. The molecule has 10 heteroatoms. The number of hydrogen-bond donors (Lipinski definition) is 1. The maximum absolute atomic E-state index is 13.0. The number of amides is 3. The Labute approximate surface area is 194 Å². The summed E-state index contributed by atoms with van der Waals surface area (Å²) in [5.74, 6) is -0.138. The van der Waals surface area contributed by atoms with Crippen molar-refractivity contribution in [3.05, 3.63) is 77.1 Å². The summed E-state index contributed by atoms with van der Waals surface area (Å²) >= 11 is 0. The molecule has 0 unspecified atom stereocenters. The topological polar surface area (TPSA) is 70.5 Å². The van der Waals surface area contributed by atoms with Crippen LogP contribution in [0.4, 0.5) is 29.3 Å². The molecule has 3 amide bonds. The quantitative estimate of drug-likeness (QED) is 0.606. The molecule has 3 aromatic rings. The van der Waals surface area contributed by atoms with Gasteiger partial charge in [0.2, 0.25) is 5.91 Å². The van der Waals surface area contributed by atoms with E-state index >= 15 is 0 Å². The van der Waals surface area contributed by atoms with Crippen molar-refractivity contribution >= 4 is 23.3 Å². The first kappa shape index (κ1) is 23.3. The number of hydrogen-bond acceptors (Lipinski definition) is 3. The highest BCUT2D eigenvalue weighted by molar-refractivity contribution is 5.91. The molecule has 2 aromatic carbocycles. The lowest BCUT2D eigenvalue weighted by Gasteiger charge is -2.28. The van der Waals surface area contributed by atoms with E-state index in [1.165, 1.54) is 24.0 Å². The molecular weight excluding hydrogens is 447 g/mol. The molecule has 0 saturated heterocycles. The van der Waals surface area contributed by atoms with E-state index in [4.69, 9.17) is 0 Å². The summed E-state index contributed by atoms with van der Waals surface area (Å²) in [7, 11) is 1.82. The fraction of sp³-hybridized carbons (Fsp3) is 0.292. The van der Waals surface area contributed by atoms with E-state index in [1.807, 2.05) is 37.4 Å². The average molecular weight is 471 g/mol. The Morgan fingerprint density at radius 2 is 1.85 bits per heavy atom. The number of halogens is 3. The number of rotatable bonds is 4. The summed E-state index contributed by atoms with van der Waals surface area (Å²) in [5, 5.41) is 7.16. The molecular formula is C24H24F3N5O2. The number of para-hydroxylation sites is 1. The van der Waals surface area contributed by atoms with Crippen LogP contribution in [0.2, 0.25) is 0 Å². The van der Waals surface area contributed by atoms with Crippen LogP contribution in [0.15, 0.2) is 54.6 Å². The number of carbonyl (C=O) groups excluding carboxylic acids is 2. The molecule has 178 valence electrons. The average Bonchev–Trinajstić information content (AvgIpc) is 3.12. The van der Waals surface area contributed by atoms with Gasteiger partial charge in [-0.15, -0.1) is 0 Å². The molecule has 1 aliphatic rings. The van der Waals surface area contributed by atoms with Crippen molar-refractivity contribution in [2.45, 2.75) is 32.6 Å². The van der Waals surface area contributed by atoms with E-state index in [9.17, 15) is 22.8 Å². The smallest absolute Gasteiger partial charge is 0.320 e. The first-order valence-electron chi connectivity index (χ1n) is 10.7. The van der Waals surface area contributed by atoms with Gasteiger partial charge in [-0.05, 0) is 30.3 Å². The van der Waals surface area contributed by atoms with E-state index < -0.39 is 17.8 Å². The number of anilines is 2. The van der Waals surface area contributed by atoms with Gasteiger partial charge in [0.15, 0.2) is 0 Å². The van der Waals surface area contributed by atoms with Gasteiger partial charge < -0.3 is 15.1 Å². The van der Waals surface area contributed by atoms with Crippen LogP contribution in [-0.4, -0.2) is 33.2 Å². The summed E-state index contributed by atoms with van der Waals surface area (Å²) in [6, 6.07) is 13.3. The summed E-state index contributed by atoms with van der Waals surface area (Å²) in [5.41, 5.74) is 2.47. The second-order valence-corrected chi connectivity index (χ2v) is 8.12. The van der Waals surface area contributed by atoms with Crippen molar-refractivity contribution in [3.8, 4) is 0 Å². The van der Waals surface area contributed by atoms with Crippen LogP contribution >= 0.6 is 0 Å². The Morgan fingerprint density at radius 1 is 1.12 bits per heavy atom. The molecule has 1 aliphatic heterocycles. The zero-order valence-corrected chi connectivity index (χ0v) is 18.8. The lowest BCUT2D eigenvalue weighted by Crippen LogP contribution is -2.39. The van der Waals surface area contributed by atoms with Crippen molar-refractivity contribution in [2.75, 3.05) is 16.8 Å². The largest absolute Gasteiger partial charge is 0.416 e. The van der Waals surface area contributed by atoms with Gasteiger partial charge >= 0.3 is 12.2 Å². The van der Waals surface area contributed by atoms with E-state index in [0.29, 0.717) is 18.7 Å². The van der Waals surface area contributed by atoms with Crippen LogP contribution < -0.4 is 10.2 Å². The van der Waals surface area contributed by atoms with Crippen molar-refractivity contribution in [3.63, 3.8) is 0 Å². The van der Waals surface area contributed by atoms with E-state index in [-0.39, 0.29) is 24.7 Å². The number of carbonyl (C=O) groups is 2. The third-order valence-electron chi connectivity index (χ3n) is 5.81. The van der Waals surface area contributed by atoms with E-state index in [2.05, 4.69) is 10.4 Å². The van der Waals surface area contributed by atoms with Gasteiger partial charge in [-0.25, -0.2) is 4.79 Å². The highest BCUT2D eigenvalue weighted by Gasteiger charge is 2.31. The maximum atomic E-state index is 13.0. The van der Waals surface area contributed by atoms with Crippen LogP contribution in [0.5, 0.6) is 0 Å². The van der Waals surface area contributed by atoms with Crippen molar-refractivity contribution in [2.24, 2.45) is 7.05 Å². The fourth-order valence-corrected chi connectivity index (χ4v) is 4.09. The number of nitrogens with one attached hydrogen (secondary N) is 1. The number of aromatic nitrogens is 2. The Morgan fingerprint density at radius 3 is 2.53 bits per heavy atom. The standard InChI is InChI=1S/C24H24F3N5O2/c1-16(33)32(19-9-4-3-5-10-19)15-21-20-14-31(12-11-22(20)30(2)29-21)23(34)28-18-8-6-7-17(13-18)24(25,26)27/h3-10,13H,11-12,14-15H2,1-2H3,(H,28,34). The predicted molar refractivity (Wildman–Crippen MR) is 121 cm³/mol. The lowest BCUT2D eigenvalue weighted by molar-refractivity contribution is -0.137. The molecule has 0 aliphatic carbocycles. The minimum absolute atomic E-state index is 0.0730. The van der Waals surface area contributed by atoms with Crippen LogP contribution in [0.1, 0.15) is 29.4 Å². The summed E-state index contributed by atoms with van der Waals surface area (Å²) in [4.78, 5) is 28.3. The third-order valence-corrected chi connectivity index (χ3v) is 5.81. The molecule has 0 spiro atoms. The number of urea groups is 1. The summed E-state index contributed by atoms with van der Waals surface area (Å²) < 4.78 is 40.7. The first-order valence-corrected chi connectivity index (χ1v) is 10.7. The molecule has 0 radical (unpaired) electrons. The molecule has 2 heterocycles. The Hall–Kier alpha value is -3.82. The molecule has 1 N–H and O–H groups in total. The zero-order valence-electron chi connectivity index (χ0n) is 18.8. The van der Waals surface area contributed by atoms with Gasteiger partial charge in [0, 0.05) is 49.6 Å².